The van der Waals surface area contributed by atoms with Crippen molar-refractivity contribution in [1.29, 1.82) is 0 Å². The van der Waals surface area contributed by atoms with Crippen LogP contribution >= 0.6 is 0 Å². The van der Waals surface area contributed by atoms with Crippen molar-refractivity contribution in [3.63, 3.8) is 0 Å². The summed E-state index contributed by atoms with van der Waals surface area (Å²) < 4.78 is 16.3. The maximum Gasteiger partial charge on any atom is 0.275 e. The molecule has 0 aliphatic carbocycles. The molecule has 0 saturated carbocycles. The highest BCUT2D eigenvalue weighted by Gasteiger charge is 2.26. The molecule has 2 heterocycles. The average Bonchev–Trinajstić information content (AvgIpc) is 3.23. The van der Waals surface area contributed by atoms with Crippen LogP contribution in [0.1, 0.15) is 29.7 Å². The lowest BCUT2D eigenvalue weighted by Crippen LogP contribution is -3.28. The average molecular weight is 428 g/mol. The van der Waals surface area contributed by atoms with E-state index in [0.29, 0.717) is 6.54 Å². The van der Waals surface area contributed by atoms with Gasteiger partial charge in [-0.25, -0.2) is 0 Å². The first-order chi connectivity index (χ1) is 15.0. The van der Waals surface area contributed by atoms with Gasteiger partial charge < -0.3 is 29.3 Å². The summed E-state index contributed by atoms with van der Waals surface area (Å²) in [6, 6.07) is 12.1. The Morgan fingerprint density at radius 2 is 1.81 bits per heavy atom. The van der Waals surface area contributed by atoms with Crippen LogP contribution in [0.3, 0.4) is 0 Å². The van der Waals surface area contributed by atoms with Gasteiger partial charge in [0, 0.05) is 5.56 Å². The highest BCUT2D eigenvalue weighted by Crippen LogP contribution is 2.34. The molecule has 4 rings (SSSR count). The van der Waals surface area contributed by atoms with Gasteiger partial charge in [0.25, 0.3) is 5.91 Å². The van der Waals surface area contributed by atoms with E-state index in [4.69, 9.17) is 14.2 Å². The van der Waals surface area contributed by atoms with Gasteiger partial charge in [-0.2, -0.15) is 0 Å². The summed E-state index contributed by atoms with van der Waals surface area (Å²) in [7, 11) is 1.73. The number of piperazine rings is 1. The van der Waals surface area contributed by atoms with Crippen molar-refractivity contribution in [1.82, 2.24) is 5.32 Å². The highest BCUT2D eigenvalue weighted by atomic mass is 16.7. The SMILES string of the molecule is COc1ccc(C)cc1C[NH+]1CC[NH+](CC(=O)N[C@H](C)c2ccc3c(c2)OCO3)CC1. The number of carbonyl (C=O) groups excluding carboxylic acids is 1. The topological polar surface area (TPSA) is 65.7 Å². The fourth-order valence-electron chi connectivity index (χ4n) is 4.41. The standard InChI is InChI=1S/C24H31N3O4/c1-17-4-6-21(29-3)20(12-17)14-26-8-10-27(11-9-26)15-24(28)25-18(2)19-5-7-22-23(13-19)31-16-30-22/h4-7,12-13,18H,8-11,14-16H2,1-3H3,(H,25,28)/p+2/t18-/m1/s1. The highest BCUT2D eigenvalue weighted by molar-refractivity contribution is 5.77. The summed E-state index contributed by atoms with van der Waals surface area (Å²) in [6.07, 6.45) is 0. The van der Waals surface area contributed by atoms with Crippen molar-refractivity contribution in [2.24, 2.45) is 0 Å². The molecule has 1 saturated heterocycles. The second-order valence-corrected chi connectivity index (χ2v) is 8.57. The number of fused-ring (bicyclic) bond motifs is 1. The van der Waals surface area contributed by atoms with Crippen molar-refractivity contribution < 1.29 is 28.8 Å². The van der Waals surface area contributed by atoms with Crippen LogP contribution in [0.15, 0.2) is 36.4 Å². The monoisotopic (exact) mass is 427 g/mol. The van der Waals surface area contributed by atoms with E-state index < -0.39 is 0 Å². The van der Waals surface area contributed by atoms with Crippen LogP contribution in [0, 0.1) is 6.92 Å². The Morgan fingerprint density at radius 1 is 1.06 bits per heavy atom. The van der Waals surface area contributed by atoms with E-state index in [1.54, 1.807) is 12.0 Å². The molecule has 7 nitrogen and oxygen atoms in total. The number of methoxy groups -OCH3 is 1. The summed E-state index contributed by atoms with van der Waals surface area (Å²) in [5.41, 5.74) is 3.54. The molecule has 1 fully saturated rings. The molecule has 0 aromatic heterocycles. The summed E-state index contributed by atoms with van der Waals surface area (Å²) >= 11 is 0. The molecule has 2 aromatic rings. The van der Waals surface area contributed by atoms with Gasteiger partial charge in [0.2, 0.25) is 6.79 Å². The minimum atomic E-state index is -0.0675. The minimum absolute atomic E-state index is 0.0675. The van der Waals surface area contributed by atoms with Crippen LogP contribution in [0.2, 0.25) is 0 Å². The number of hydrogen-bond donors (Lipinski definition) is 3. The van der Waals surface area contributed by atoms with E-state index in [-0.39, 0.29) is 18.7 Å². The molecule has 1 amide bonds. The molecule has 2 aliphatic rings. The van der Waals surface area contributed by atoms with Crippen LogP contribution in [0.4, 0.5) is 0 Å². The molecule has 2 aliphatic heterocycles. The molecule has 0 unspecified atom stereocenters. The van der Waals surface area contributed by atoms with Crippen LogP contribution < -0.4 is 29.3 Å². The summed E-state index contributed by atoms with van der Waals surface area (Å²) in [6.45, 7) is 9.94. The number of quaternary nitrogens is 2. The minimum Gasteiger partial charge on any atom is -0.496 e. The van der Waals surface area contributed by atoms with E-state index >= 15 is 0 Å². The molecule has 31 heavy (non-hydrogen) atoms. The molecule has 0 radical (unpaired) electrons. The predicted octanol–water partition coefficient (Wildman–Crippen LogP) is -0.107. The van der Waals surface area contributed by atoms with Gasteiger partial charge in [-0.3, -0.25) is 4.79 Å². The van der Waals surface area contributed by atoms with E-state index in [9.17, 15) is 4.79 Å². The molecule has 3 N–H and O–H groups in total. The van der Waals surface area contributed by atoms with Gasteiger partial charge in [0.1, 0.15) is 38.5 Å². The third-order valence-corrected chi connectivity index (χ3v) is 6.23. The van der Waals surface area contributed by atoms with Crippen LogP contribution in [0.25, 0.3) is 0 Å². The maximum atomic E-state index is 12.6. The Labute approximate surface area is 183 Å². The van der Waals surface area contributed by atoms with E-state index in [1.165, 1.54) is 16.0 Å². The first kappa shape index (κ1) is 21.5. The molecule has 166 valence electrons. The summed E-state index contributed by atoms with van der Waals surface area (Å²) in [5.74, 6) is 2.55. The van der Waals surface area contributed by atoms with Crippen LogP contribution in [0.5, 0.6) is 17.2 Å². The summed E-state index contributed by atoms with van der Waals surface area (Å²) in [5, 5.41) is 3.13. The smallest absolute Gasteiger partial charge is 0.275 e. The van der Waals surface area contributed by atoms with Gasteiger partial charge in [0.05, 0.1) is 13.2 Å². The second kappa shape index (κ2) is 9.58. The first-order valence-electron chi connectivity index (χ1n) is 11.0. The lowest BCUT2D eigenvalue weighted by Gasteiger charge is -2.30. The van der Waals surface area contributed by atoms with Crippen molar-refractivity contribution in [2.45, 2.75) is 26.4 Å². The number of nitrogens with one attached hydrogen (secondary N) is 3. The molecular formula is C24H33N3O4+2. The van der Waals surface area contributed by atoms with Crippen LogP contribution in [-0.2, 0) is 11.3 Å². The molecular weight excluding hydrogens is 394 g/mol. The van der Waals surface area contributed by atoms with Gasteiger partial charge >= 0.3 is 0 Å². The zero-order valence-corrected chi connectivity index (χ0v) is 18.6. The van der Waals surface area contributed by atoms with Crippen molar-refractivity contribution >= 4 is 5.91 Å². The van der Waals surface area contributed by atoms with Crippen LogP contribution in [-0.4, -0.2) is 52.5 Å². The van der Waals surface area contributed by atoms with Gasteiger partial charge in [-0.1, -0.05) is 17.7 Å². The van der Waals surface area contributed by atoms with E-state index in [0.717, 1.165) is 55.5 Å². The number of hydrogen-bond acceptors (Lipinski definition) is 4. The number of ether oxygens (including phenoxy) is 3. The van der Waals surface area contributed by atoms with Crippen molar-refractivity contribution in [2.75, 3.05) is 46.6 Å². The Hall–Kier alpha value is -2.77. The first-order valence-corrected chi connectivity index (χ1v) is 11.0. The number of carbonyl (C=O) groups is 1. The fraction of sp³-hybridized carbons (Fsp3) is 0.458. The molecule has 2 aromatic carbocycles. The largest absolute Gasteiger partial charge is 0.496 e. The van der Waals surface area contributed by atoms with Gasteiger partial charge in [0.15, 0.2) is 18.0 Å². The zero-order chi connectivity index (χ0) is 21.8. The lowest BCUT2D eigenvalue weighted by molar-refractivity contribution is -1.02. The third-order valence-electron chi connectivity index (χ3n) is 6.23. The Morgan fingerprint density at radius 3 is 2.58 bits per heavy atom. The van der Waals surface area contributed by atoms with Gasteiger partial charge in [-0.15, -0.1) is 0 Å². The normalized spacial score (nSPS) is 20.9. The number of aryl methyl sites for hydroxylation is 1. The second-order valence-electron chi connectivity index (χ2n) is 8.57. The Kier molecular flexibility index (Phi) is 6.63. The molecule has 1 atom stereocenters. The fourth-order valence-corrected chi connectivity index (χ4v) is 4.41. The zero-order valence-electron chi connectivity index (χ0n) is 18.6. The maximum absolute atomic E-state index is 12.6. The van der Waals surface area contributed by atoms with E-state index in [2.05, 4.69) is 30.4 Å². The van der Waals surface area contributed by atoms with Crippen molar-refractivity contribution in [3.05, 3.63) is 53.1 Å². The van der Waals surface area contributed by atoms with Gasteiger partial charge in [-0.05, 0) is 43.7 Å². The lowest BCUT2D eigenvalue weighted by atomic mass is 10.1. The third kappa shape index (κ3) is 5.29. The quantitative estimate of drug-likeness (QED) is 0.577. The molecule has 0 bridgehead atoms. The number of rotatable bonds is 7. The Bertz CT molecular complexity index is 925. The molecule has 7 heteroatoms. The number of benzene rings is 2. The molecule has 0 spiro atoms. The summed E-state index contributed by atoms with van der Waals surface area (Å²) in [4.78, 5) is 15.5. The van der Waals surface area contributed by atoms with Crippen molar-refractivity contribution in [3.8, 4) is 17.2 Å². The van der Waals surface area contributed by atoms with E-state index in [1.807, 2.05) is 25.1 Å². The Balaban J connectivity index is 1.24. The predicted molar refractivity (Wildman–Crippen MR) is 117 cm³/mol. The number of amides is 1.